The first-order valence-electron chi connectivity index (χ1n) is 7.21. The molecule has 2 aromatic rings. The molecule has 0 spiro atoms. The van der Waals surface area contributed by atoms with Crippen LogP contribution < -0.4 is 16.2 Å². The molecular formula is C15H19ClN4O2. The molecule has 1 fully saturated rings. The van der Waals surface area contributed by atoms with Crippen molar-refractivity contribution in [2.75, 3.05) is 19.6 Å². The van der Waals surface area contributed by atoms with Crippen LogP contribution in [0.4, 0.5) is 0 Å². The van der Waals surface area contributed by atoms with E-state index in [-0.39, 0.29) is 29.4 Å². The van der Waals surface area contributed by atoms with Gasteiger partial charge < -0.3 is 10.6 Å². The van der Waals surface area contributed by atoms with E-state index in [9.17, 15) is 9.59 Å². The summed E-state index contributed by atoms with van der Waals surface area (Å²) < 4.78 is 1.39. The Balaban J connectivity index is 0.00000176. The smallest absolute Gasteiger partial charge is 0.270 e. The standard InChI is InChI=1S/C15H18N4O2.ClH/c20-14(18-9-11-4-3-6-16-8-11)12-10-17-13-5-1-2-7-19(13)15(12)21;/h1-2,5,7,10-11,16H,3-4,6,8-9H2,(H,18,20);1H. The Hall–Kier alpha value is -1.92. The quantitative estimate of drug-likeness (QED) is 0.878. The van der Waals surface area contributed by atoms with Gasteiger partial charge in [0, 0.05) is 18.9 Å². The van der Waals surface area contributed by atoms with Crippen LogP contribution in [0.25, 0.3) is 5.65 Å². The topological polar surface area (TPSA) is 75.5 Å². The monoisotopic (exact) mass is 322 g/mol. The second-order valence-corrected chi connectivity index (χ2v) is 5.33. The minimum atomic E-state index is -0.351. The molecule has 0 aliphatic carbocycles. The average molecular weight is 323 g/mol. The molecule has 2 N–H and O–H groups in total. The maximum absolute atomic E-state index is 12.3. The Morgan fingerprint density at radius 1 is 1.45 bits per heavy atom. The summed E-state index contributed by atoms with van der Waals surface area (Å²) in [6.45, 7) is 2.54. The molecular weight excluding hydrogens is 304 g/mol. The molecule has 1 saturated heterocycles. The van der Waals surface area contributed by atoms with Crippen LogP contribution in [-0.2, 0) is 0 Å². The van der Waals surface area contributed by atoms with E-state index in [1.165, 1.54) is 10.6 Å². The Morgan fingerprint density at radius 3 is 3.09 bits per heavy atom. The number of halogens is 1. The van der Waals surface area contributed by atoms with E-state index in [0.29, 0.717) is 18.1 Å². The summed E-state index contributed by atoms with van der Waals surface area (Å²) in [6, 6.07) is 5.28. The predicted molar refractivity (Wildman–Crippen MR) is 86.6 cm³/mol. The van der Waals surface area contributed by atoms with Crippen LogP contribution in [0.2, 0.25) is 0 Å². The van der Waals surface area contributed by atoms with Crippen molar-refractivity contribution in [1.29, 1.82) is 0 Å². The molecule has 118 valence electrons. The summed E-state index contributed by atoms with van der Waals surface area (Å²) in [5, 5.41) is 6.15. The highest BCUT2D eigenvalue weighted by atomic mass is 35.5. The van der Waals surface area contributed by atoms with Gasteiger partial charge in [0.2, 0.25) is 0 Å². The molecule has 0 saturated carbocycles. The fourth-order valence-corrected chi connectivity index (χ4v) is 2.61. The van der Waals surface area contributed by atoms with E-state index in [1.807, 2.05) is 0 Å². The number of hydrogen-bond acceptors (Lipinski definition) is 4. The zero-order chi connectivity index (χ0) is 14.7. The molecule has 6 nitrogen and oxygen atoms in total. The van der Waals surface area contributed by atoms with Gasteiger partial charge in [0.25, 0.3) is 11.5 Å². The van der Waals surface area contributed by atoms with Gasteiger partial charge in [-0.2, -0.15) is 0 Å². The Bertz CT molecular complexity index is 710. The molecule has 3 heterocycles. The van der Waals surface area contributed by atoms with Crippen LogP contribution in [-0.4, -0.2) is 34.9 Å². The number of nitrogens with zero attached hydrogens (tertiary/aromatic N) is 2. The first-order valence-corrected chi connectivity index (χ1v) is 7.21. The SMILES string of the molecule is Cl.O=C(NCC1CCCNC1)c1cnc2ccccn2c1=O. The summed E-state index contributed by atoms with van der Waals surface area (Å²) in [4.78, 5) is 28.6. The number of carbonyl (C=O) groups is 1. The zero-order valence-electron chi connectivity index (χ0n) is 12.1. The molecule has 1 unspecified atom stereocenters. The van der Waals surface area contributed by atoms with Crippen LogP contribution >= 0.6 is 12.4 Å². The van der Waals surface area contributed by atoms with Crippen molar-refractivity contribution in [3.8, 4) is 0 Å². The summed E-state index contributed by atoms with van der Waals surface area (Å²) in [7, 11) is 0. The second kappa shape index (κ2) is 7.38. The maximum Gasteiger partial charge on any atom is 0.270 e. The molecule has 3 rings (SSSR count). The first-order chi connectivity index (χ1) is 10.3. The number of aromatic nitrogens is 2. The minimum absolute atomic E-state index is 0. The molecule has 7 heteroatoms. The highest BCUT2D eigenvalue weighted by Gasteiger charge is 2.17. The molecule has 0 bridgehead atoms. The first kappa shape index (κ1) is 16.5. The van der Waals surface area contributed by atoms with Gasteiger partial charge in [-0.05, 0) is 44.0 Å². The van der Waals surface area contributed by atoms with Gasteiger partial charge in [0.1, 0.15) is 11.2 Å². The third-order valence-corrected chi connectivity index (χ3v) is 3.81. The van der Waals surface area contributed by atoms with Gasteiger partial charge in [-0.1, -0.05) is 6.07 Å². The Labute approximate surface area is 134 Å². The lowest BCUT2D eigenvalue weighted by atomic mass is 10.00. The zero-order valence-corrected chi connectivity index (χ0v) is 12.9. The average Bonchev–Trinajstić information content (AvgIpc) is 2.54. The number of hydrogen-bond donors (Lipinski definition) is 2. The highest BCUT2D eigenvalue weighted by molar-refractivity contribution is 5.93. The van der Waals surface area contributed by atoms with Crippen molar-refractivity contribution in [1.82, 2.24) is 20.0 Å². The van der Waals surface area contributed by atoms with Crippen molar-refractivity contribution < 1.29 is 4.79 Å². The van der Waals surface area contributed by atoms with E-state index in [2.05, 4.69) is 15.6 Å². The fourth-order valence-electron chi connectivity index (χ4n) is 2.61. The summed E-state index contributed by atoms with van der Waals surface area (Å²) in [6.07, 6.45) is 5.20. The lowest BCUT2D eigenvalue weighted by Crippen LogP contribution is -2.39. The van der Waals surface area contributed by atoms with Crippen molar-refractivity contribution in [3.63, 3.8) is 0 Å². The second-order valence-electron chi connectivity index (χ2n) is 5.33. The number of rotatable bonds is 3. The Kier molecular flexibility index (Phi) is 5.51. The molecule has 1 atom stereocenters. The van der Waals surface area contributed by atoms with Gasteiger partial charge in [0.15, 0.2) is 0 Å². The van der Waals surface area contributed by atoms with Gasteiger partial charge in [0.05, 0.1) is 0 Å². The number of amides is 1. The summed E-state index contributed by atoms with van der Waals surface area (Å²) in [5.41, 5.74) is 0.290. The third kappa shape index (κ3) is 3.45. The highest BCUT2D eigenvalue weighted by Crippen LogP contribution is 2.08. The Morgan fingerprint density at radius 2 is 2.32 bits per heavy atom. The van der Waals surface area contributed by atoms with Crippen LogP contribution in [0, 0.1) is 5.92 Å². The number of piperidine rings is 1. The van der Waals surface area contributed by atoms with Crippen LogP contribution in [0.3, 0.4) is 0 Å². The summed E-state index contributed by atoms with van der Waals surface area (Å²) >= 11 is 0. The number of nitrogens with one attached hydrogen (secondary N) is 2. The predicted octanol–water partition coefficient (Wildman–Crippen LogP) is 0.846. The van der Waals surface area contributed by atoms with Crippen LogP contribution in [0.1, 0.15) is 23.2 Å². The number of fused-ring (bicyclic) bond motifs is 1. The molecule has 0 aromatic carbocycles. The molecule has 2 aromatic heterocycles. The van der Waals surface area contributed by atoms with Gasteiger partial charge in [-0.25, -0.2) is 4.98 Å². The fraction of sp³-hybridized carbons (Fsp3) is 0.400. The molecule has 1 amide bonds. The molecule has 22 heavy (non-hydrogen) atoms. The minimum Gasteiger partial charge on any atom is -0.351 e. The summed E-state index contributed by atoms with van der Waals surface area (Å²) in [5.74, 6) is 0.0789. The van der Waals surface area contributed by atoms with Gasteiger partial charge >= 0.3 is 0 Å². The van der Waals surface area contributed by atoms with Gasteiger partial charge in [-0.3, -0.25) is 14.0 Å². The van der Waals surface area contributed by atoms with E-state index in [4.69, 9.17) is 0 Å². The van der Waals surface area contributed by atoms with E-state index in [0.717, 1.165) is 25.9 Å². The van der Waals surface area contributed by atoms with E-state index in [1.54, 1.807) is 24.4 Å². The molecule has 1 aliphatic rings. The van der Waals surface area contributed by atoms with Gasteiger partial charge in [-0.15, -0.1) is 12.4 Å². The van der Waals surface area contributed by atoms with Crippen molar-refractivity contribution in [2.24, 2.45) is 5.92 Å². The van der Waals surface area contributed by atoms with Crippen LogP contribution in [0.15, 0.2) is 35.4 Å². The third-order valence-electron chi connectivity index (χ3n) is 3.81. The molecule has 0 radical (unpaired) electrons. The lowest BCUT2D eigenvalue weighted by molar-refractivity contribution is 0.0943. The number of pyridine rings is 1. The lowest BCUT2D eigenvalue weighted by Gasteiger charge is -2.22. The van der Waals surface area contributed by atoms with Crippen LogP contribution in [0.5, 0.6) is 0 Å². The van der Waals surface area contributed by atoms with Crippen molar-refractivity contribution in [3.05, 3.63) is 46.5 Å². The maximum atomic E-state index is 12.3. The number of carbonyl (C=O) groups excluding carboxylic acids is 1. The van der Waals surface area contributed by atoms with E-state index < -0.39 is 0 Å². The molecule has 1 aliphatic heterocycles. The largest absolute Gasteiger partial charge is 0.351 e. The normalized spacial score (nSPS) is 17.7. The van der Waals surface area contributed by atoms with Crippen molar-refractivity contribution in [2.45, 2.75) is 12.8 Å². The van der Waals surface area contributed by atoms with Crippen molar-refractivity contribution >= 4 is 24.0 Å². The van der Waals surface area contributed by atoms with E-state index >= 15 is 0 Å².